The van der Waals surface area contributed by atoms with Gasteiger partial charge in [0.2, 0.25) is 0 Å². The van der Waals surface area contributed by atoms with Crippen molar-refractivity contribution in [3.63, 3.8) is 0 Å². The molecule has 1 aromatic carbocycles. The second-order valence-corrected chi connectivity index (χ2v) is 4.81. The molecule has 0 aliphatic heterocycles. The fraction of sp³-hybridized carbons (Fsp3) is 0.455. The third kappa shape index (κ3) is 3.81. The minimum Gasteiger partial charge on any atom is -0.393 e. The average molecular weight is 255 g/mol. The summed E-state index contributed by atoms with van der Waals surface area (Å²) in [5, 5.41) is 14.1. The number of nitrogens with zero attached hydrogens (tertiary/aromatic N) is 1. The fourth-order valence-corrected chi connectivity index (χ4v) is 2.10. The van der Waals surface area contributed by atoms with Gasteiger partial charge in [-0.25, -0.2) is 0 Å². The normalized spacial score (nSPS) is 12.1. The highest BCUT2D eigenvalue weighted by Crippen LogP contribution is 2.31. The molecule has 0 aliphatic carbocycles. The number of hydrogen-bond donors (Lipinski definition) is 2. The number of nitro groups is 1. The molecule has 0 fully saturated rings. The summed E-state index contributed by atoms with van der Waals surface area (Å²) in [6, 6.07) is 5.12. The Morgan fingerprint density at radius 3 is 2.88 bits per heavy atom. The highest BCUT2D eigenvalue weighted by atomic mass is 32.2. The Morgan fingerprint density at radius 1 is 1.59 bits per heavy atom. The summed E-state index contributed by atoms with van der Waals surface area (Å²) in [6.07, 6.45) is 2.99. The van der Waals surface area contributed by atoms with Gasteiger partial charge in [-0.2, -0.15) is 11.8 Å². The van der Waals surface area contributed by atoms with Gasteiger partial charge in [0.25, 0.3) is 0 Å². The zero-order valence-corrected chi connectivity index (χ0v) is 10.8. The lowest BCUT2D eigenvalue weighted by molar-refractivity contribution is -0.383. The predicted octanol–water partition coefficient (Wildman–Crippen LogP) is 2.73. The smallest absolute Gasteiger partial charge is 0.314 e. The van der Waals surface area contributed by atoms with Crippen LogP contribution in [0.5, 0.6) is 0 Å². The molecule has 0 heterocycles. The molecule has 0 saturated carbocycles. The fourth-order valence-electron chi connectivity index (χ4n) is 1.51. The zero-order valence-electron chi connectivity index (χ0n) is 9.97. The first kappa shape index (κ1) is 13.6. The number of thioether (sulfide) groups is 1. The van der Waals surface area contributed by atoms with Gasteiger partial charge in [-0.3, -0.25) is 10.1 Å². The summed E-state index contributed by atoms with van der Waals surface area (Å²) in [5.74, 6) is 1.02. The van der Waals surface area contributed by atoms with E-state index in [1.807, 2.05) is 13.2 Å². The molecule has 1 unspecified atom stereocenters. The van der Waals surface area contributed by atoms with E-state index in [9.17, 15) is 10.1 Å². The minimum absolute atomic E-state index is 0.0384. The van der Waals surface area contributed by atoms with Crippen molar-refractivity contribution in [3.05, 3.63) is 28.3 Å². The molecular formula is C11H17N3O2S. The second-order valence-electron chi connectivity index (χ2n) is 3.83. The molecule has 94 valence electrons. The van der Waals surface area contributed by atoms with Gasteiger partial charge in [-0.15, -0.1) is 0 Å². The van der Waals surface area contributed by atoms with E-state index in [2.05, 4.69) is 5.32 Å². The van der Waals surface area contributed by atoms with Crippen LogP contribution in [0.1, 0.15) is 13.3 Å². The van der Waals surface area contributed by atoms with Crippen molar-refractivity contribution in [2.24, 2.45) is 0 Å². The maximum atomic E-state index is 10.9. The minimum atomic E-state index is -0.445. The van der Waals surface area contributed by atoms with Crippen LogP contribution >= 0.6 is 11.8 Å². The molecule has 1 aromatic rings. The number of nitrogens with one attached hydrogen (secondary N) is 1. The predicted molar refractivity (Wildman–Crippen MR) is 73.6 cm³/mol. The molecule has 0 aliphatic rings. The van der Waals surface area contributed by atoms with Crippen molar-refractivity contribution in [3.8, 4) is 0 Å². The lowest BCUT2D eigenvalue weighted by Gasteiger charge is -2.15. The second kappa shape index (κ2) is 6.34. The number of benzene rings is 1. The quantitative estimate of drug-likeness (QED) is 0.464. The molecule has 1 atom stereocenters. The topological polar surface area (TPSA) is 81.2 Å². The largest absolute Gasteiger partial charge is 0.393 e. The molecule has 0 saturated heterocycles. The summed E-state index contributed by atoms with van der Waals surface area (Å²) >= 11 is 1.76. The van der Waals surface area contributed by atoms with Gasteiger partial charge >= 0.3 is 5.69 Å². The third-order valence-corrected chi connectivity index (χ3v) is 3.05. The van der Waals surface area contributed by atoms with E-state index in [0.717, 1.165) is 12.2 Å². The molecule has 0 radical (unpaired) electrons. The zero-order chi connectivity index (χ0) is 12.8. The van der Waals surface area contributed by atoms with Crippen LogP contribution in [0.15, 0.2) is 18.2 Å². The van der Waals surface area contributed by atoms with Crippen LogP contribution in [0.2, 0.25) is 0 Å². The Balaban J connectivity index is 2.83. The maximum absolute atomic E-state index is 10.9. The molecule has 1 rings (SSSR count). The number of nitro benzene ring substituents is 1. The summed E-state index contributed by atoms with van der Waals surface area (Å²) in [6.45, 7) is 2.00. The number of anilines is 2. The molecule has 0 aromatic heterocycles. The molecular weight excluding hydrogens is 238 g/mol. The van der Waals surface area contributed by atoms with E-state index in [1.165, 1.54) is 6.07 Å². The highest BCUT2D eigenvalue weighted by molar-refractivity contribution is 7.98. The van der Waals surface area contributed by atoms with Crippen LogP contribution in [0.4, 0.5) is 17.1 Å². The van der Waals surface area contributed by atoms with Gasteiger partial charge in [0.15, 0.2) is 0 Å². The van der Waals surface area contributed by atoms with E-state index in [-0.39, 0.29) is 17.4 Å². The Morgan fingerprint density at radius 2 is 2.29 bits per heavy atom. The Hall–Kier alpha value is -1.43. The van der Waals surface area contributed by atoms with Crippen molar-refractivity contribution in [2.75, 3.05) is 23.1 Å². The van der Waals surface area contributed by atoms with Crippen LogP contribution in [-0.2, 0) is 0 Å². The molecule has 17 heavy (non-hydrogen) atoms. The van der Waals surface area contributed by atoms with Crippen molar-refractivity contribution in [1.29, 1.82) is 0 Å². The number of nitrogens with two attached hydrogens (primary N) is 1. The molecule has 0 spiro atoms. The summed E-state index contributed by atoms with van der Waals surface area (Å²) in [4.78, 5) is 10.5. The molecule has 5 nitrogen and oxygen atoms in total. The van der Waals surface area contributed by atoms with Crippen LogP contribution in [0, 0.1) is 10.1 Å². The van der Waals surface area contributed by atoms with Gasteiger partial charge in [0.1, 0.15) is 11.4 Å². The number of nitrogen functional groups attached to an aromatic ring is 1. The molecule has 6 heteroatoms. The summed E-state index contributed by atoms with van der Waals surface area (Å²) in [5.41, 5.74) is 6.26. The highest BCUT2D eigenvalue weighted by Gasteiger charge is 2.18. The number of rotatable bonds is 6. The number of hydrogen-bond acceptors (Lipinski definition) is 5. The van der Waals surface area contributed by atoms with Crippen molar-refractivity contribution in [2.45, 2.75) is 19.4 Å². The van der Waals surface area contributed by atoms with Crippen LogP contribution in [-0.4, -0.2) is 23.0 Å². The molecule has 0 bridgehead atoms. The molecule has 3 N–H and O–H groups in total. The van der Waals surface area contributed by atoms with Crippen LogP contribution < -0.4 is 11.1 Å². The van der Waals surface area contributed by atoms with Gasteiger partial charge < -0.3 is 11.1 Å². The van der Waals surface area contributed by atoms with Crippen LogP contribution in [0.25, 0.3) is 0 Å². The van der Waals surface area contributed by atoms with Gasteiger partial charge in [0, 0.05) is 6.04 Å². The maximum Gasteiger partial charge on any atom is 0.314 e. The van der Waals surface area contributed by atoms with E-state index >= 15 is 0 Å². The summed E-state index contributed by atoms with van der Waals surface area (Å²) < 4.78 is 0. The lowest BCUT2D eigenvalue weighted by Crippen LogP contribution is -2.17. The monoisotopic (exact) mass is 255 g/mol. The number of para-hydroxylation sites is 1. The van der Waals surface area contributed by atoms with E-state index in [1.54, 1.807) is 23.9 Å². The SMILES string of the molecule is CSCCC(C)Nc1cccc(N)c1[N+](=O)[O-]. The van der Waals surface area contributed by atoms with Crippen LogP contribution in [0.3, 0.4) is 0 Å². The Labute approximate surface area is 105 Å². The first-order chi connectivity index (χ1) is 8.06. The van der Waals surface area contributed by atoms with E-state index in [0.29, 0.717) is 5.69 Å². The third-order valence-electron chi connectivity index (χ3n) is 2.41. The van der Waals surface area contributed by atoms with E-state index < -0.39 is 4.92 Å². The standard InChI is InChI=1S/C11H17N3O2S/c1-8(6-7-17-2)13-10-5-3-4-9(12)11(10)14(15)16/h3-5,8,13H,6-7,12H2,1-2H3. The van der Waals surface area contributed by atoms with Crippen molar-refractivity contribution >= 4 is 28.8 Å². The summed E-state index contributed by atoms with van der Waals surface area (Å²) in [7, 11) is 0. The average Bonchev–Trinajstić information content (AvgIpc) is 2.25. The Kier molecular flexibility index (Phi) is 5.09. The molecule has 0 amide bonds. The van der Waals surface area contributed by atoms with Gasteiger partial charge in [-0.05, 0) is 37.5 Å². The van der Waals surface area contributed by atoms with Crippen molar-refractivity contribution < 1.29 is 4.92 Å². The van der Waals surface area contributed by atoms with Gasteiger partial charge in [0.05, 0.1) is 4.92 Å². The first-order valence-electron chi connectivity index (χ1n) is 5.34. The van der Waals surface area contributed by atoms with E-state index in [4.69, 9.17) is 5.73 Å². The van der Waals surface area contributed by atoms with Crippen molar-refractivity contribution in [1.82, 2.24) is 0 Å². The Bertz CT molecular complexity index is 398. The first-order valence-corrected chi connectivity index (χ1v) is 6.74. The lowest BCUT2D eigenvalue weighted by atomic mass is 10.2. The van der Waals surface area contributed by atoms with Gasteiger partial charge in [-0.1, -0.05) is 6.07 Å².